The number of hydrogen-bond donors (Lipinski definition) is 1. The fraction of sp³-hybridized carbons (Fsp3) is 0.500. The first kappa shape index (κ1) is 8.76. The van der Waals surface area contributed by atoms with E-state index in [0.717, 1.165) is 19.3 Å². The summed E-state index contributed by atoms with van der Waals surface area (Å²) in [6.07, 6.45) is 3.09. The fourth-order valence-electron chi connectivity index (χ4n) is 2.30. The normalized spacial score (nSPS) is 18.6. The summed E-state index contributed by atoms with van der Waals surface area (Å²) in [5.74, 6) is 0.664. The van der Waals surface area contributed by atoms with Gasteiger partial charge in [0.1, 0.15) is 0 Å². The lowest BCUT2D eigenvalue weighted by molar-refractivity contribution is 0.162. The monoisotopic (exact) mass is 176 g/mol. The molecule has 0 saturated heterocycles. The summed E-state index contributed by atoms with van der Waals surface area (Å²) in [6.45, 7) is 1.88. The van der Waals surface area contributed by atoms with Gasteiger partial charge in [0, 0.05) is 0 Å². The first-order valence-corrected chi connectivity index (χ1v) is 5.00. The fourth-order valence-corrected chi connectivity index (χ4v) is 2.30. The van der Waals surface area contributed by atoms with E-state index in [0.29, 0.717) is 5.92 Å². The summed E-state index contributed by atoms with van der Waals surface area (Å²) in [7, 11) is 0. The molecule has 1 aromatic carbocycles. The first-order chi connectivity index (χ1) is 6.25. The second kappa shape index (κ2) is 3.51. The van der Waals surface area contributed by atoms with Crippen LogP contribution in [0.2, 0.25) is 0 Å². The maximum absolute atomic E-state index is 9.29. The van der Waals surface area contributed by atoms with Crippen LogP contribution in [-0.4, -0.2) is 11.2 Å². The van der Waals surface area contributed by atoms with Gasteiger partial charge in [-0.25, -0.2) is 0 Å². The van der Waals surface area contributed by atoms with Gasteiger partial charge in [0.25, 0.3) is 0 Å². The van der Waals surface area contributed by atoms with Crippen LogP contribution in [0.15, 0.2) is 24.3 Å². The number of hydrogen-bond acceptors (Lipinski definition) is 1. The Morgan fingerprint density at radius 3 is 2.31 bits per heavy atom. The molecule has 0 bridgehead atoms. The molecule has 1 unspecified atom stereocenters. The van der Waals surface area contributed by atoms with E-state index in [1.54, 1.807) is 0 Å². The predicted molar refractivity (Wildman–Crippen MR) is 53.6 cm³/mol. The number of rotatable bonds is 2. The van der Waals surface area contributed by atoms with Crippen LogP contribution in [0, 0.1) is 5.92 Å². The molecule has 0 heterocycles. The van der Waals surface area contributed by atoms with Gasteiger partial charge < -0.3 is 5.11 Å². The Morgan fingerprint density at radius 1 is 1.31 bits per heavy atom. The molecule has 70 valence electrons. The molecule has 0 radical (unpaired) electrons. The van der Waals surface area contributed by atoms with Gasteiger partial charge >= 0.3 is 0 Å². The van der Waals surface area contributed by atoms with Crippen molar-refractivity contribution in [1.82, 2.24) is 0 Å². The van der Waals surface area contributed by atoms with Crippen molar-refractivity contribution in [2.24, 2.45) is 5.92 Å². The summed E-state index contributed by atoms with van der Waals surface area (Å²) in [5.41, 5.74) is 2.96. The molecule has 1 aliphatic rings. The summed E-state index contributed by atoms with van der Waals surface area (Å²) >= 11 is 0. The lowest BCUT2D eigenvalue weighted by Gasteiger charge is -2.10. The average Bonchev–Trinajstić information content (AvgIpc) is 2.44. The Morgan fingerprint density at radius 2 is 1.85 bits per heavy atom. The second-order valence-corrected chi connectivity index (χ2v) is 4.13. The van der Waals surface area contributed by atoms with Crippen LogP contribution in [-0.2, 0) is 12.8 Å². The van der Waals surface area contributed by atoms with Crippen molar-refractivity contribution in [3.05, 3.63) is 35.4 Å². The number of aliphatic hydroxyl groups is 1. The van der Waals surface area contributed by atoms with Gasteiger partial charge in [-0.15, -0.1) is 0 Å². The van der Waals surface area contributed by atoms with Gasteiger partial charge in [-0.05, 0) is 43.2 Å². The van der Waals surface area contributed by atoms with E-state index in [9.17, 15) is 5.11 Å². The smallest absolute Gasteiger partial charge is 0.0515 e. The highest BCUT2D eigenvalue weighted by molar-refractivity contribution is 5.31. The van der Waals surface area contributed by atoms with Crippen LogP contribution in [0.25, 0.3) is 0 Å². The van der Waals surface area contributed by atoms with E-state index >= 15 is 0 Å². The predicted octanol–water partition coefficient (Wildman–Crippen LogP) is 2.17. The molecule has 0 fully saturated rings. The van der Waals surface area contributed by atoms with Crippen molar-refractivity contribution < 1.29 is 5.11 Å². The minimum absolute atomic E-state index is 0.153. The van der Waals surface area contributed by atoms with Gasteiger partial charge in [0.05, 0.1) is 6.10 Å². The zero-order chi connectivity index (χ0) is 9.26. The number of benzene rings is 1. The van der Waals surface area contributed by atoms with Crippen molar-refractivity contribution in [2.75, 3.05) is 0 Å². The van der Waals surface area contributed by atoms with Gasteiger partial charge in [-0.3, -0.25) is 0 Å². The molecule has 13 heavy (non-hydrogen) atoms. The van der Waals surface area contributed by atoms with Crippen LogP contribution in [0.1, 0.15) is 24.5 Å². The van der Waals surface area contributed by atoms with Crippen molar-refractivity contribution >= 4 is 0 Å². The highest BCUT2D eigenvalue weighted by Gasteiger charge is 2.21. The molecular weight excluding hydrogens is 160 g/mol. The SMILES string of the molecule is CC(O)CC1Cc2ccccc2C1. The summed E-state index contributed by atoms with van der Waals surface area (Å²) in [6, 6.07) is 8.61. The van der Waals surface area contributed by atoms with Crippen LogP contribution >= 0.6 is 0 Å². The maximum atomic E-state index is 9.29. The third-order valence-electron chi connectivity index (χ3n) is 2.81. The van der Waals surface area contributed by atoms with E-state index in [1.807, 2.05) is 6.92 Å². The molecule has 0 saturated carbocycles. The van der Waals surface area contributed by atoms with E-state index in [2.05, 4.69) is 24.3 Å². The molecule has 1 heteroatoms. The Balaban J connectivity index is 2.05. The zero-order valence-corrected chi connectivity index (χ0v) is 8.03. The lowest BCUT2D eigenvalue weighted by Crippen LogP contribution is -2.09. The lowest BCUT2D eigenvalue weighted by atomic mass is 9.99. The minimum Gasteiger partial charge on any atom is -0.393 e. The summed E-state index contributed by atoms with van der Waals surface area (Å²) < 4.78 is 0. The van der Waals surface area contributed by atoms with Crippen LogP contribution in [0.4, 0.5) is 0 Å². The number of fused-ring (bicyclic) bond motifs is 1. The third-order valence-corrected chi connectivity index (χ3v) is 2.81. The molecule has 0 spiro atoms. The topological polar surface area (TPSA) is 20.2 Å². The van der Waals surface area contributed by atoms with Crippen molar-refractivity contribution in [3.8, 4) is 0 Å². The van der Waals surface area contributed by atoms with Crippen LogP contribution in [0.3, 0.4) is 0 Å². The van der Waals surface area contributed by atoms with Crippen molar-refractivity contribution in [1.29, 1.82) is 0 Å². The number of aliphatic hydroxyl groups excluding tert-OH is 1. The molecule has 0 aliphatic heterocycles. The highest BCUT2D eigenvalue weighted by atomic mass is 16.3. The molecule has 1 aromatic rings. The van der Waals surface area contributed by atoms with Crippen molar-refractivity contribution in [3.63, 3.8) is 0 Å². The van der Waals surface area contributed by atoms with Gasteiger partial charge in [0.2, 0.25) is 0 Å². The Bertz CT molecular complexity index is 266. The van der Waals surface area contributed by atoms with E-state index < -0.39 is 0 Å². The van der Waals surface area contributed by atoms with Crippen molar-refractivity contribution in [2.45, 2.75) is 32.3 Å². The third kappa shape index (κ3) is 1.92. The van der Waals surface area contributed by atoms with E-state index in [-0.39, 0.29) is 6.10 Å². The zero-order valence-electron chi connectivity index (χ0n) is 8.03. The summed E-state index contributed by atoms with van der Waals surface area (Å²) in [5, 5.41) is 9.29. The van der Waals surface area contributed by atoms with E-state index in [1.165, 1.54) is 11.1 Å². The molecule has 0 aromatic heterocycles. The average molecular weight is 176 g/mol. The Labute approximate surface area is 79.4 Å². The molecule has 1 N–H and O–H groups in total. The quantitative estimate of drug-likeness (QED) is 0.732. The van der Waals surface area contributed by atoms with Crippen LogP contribution in [0.5, 0.6) is 0 Å². The molecule has 1 atom stereocenters. The van der Waals surface area contributed by atoms with Gasteiger partial charge in [0.15, 0.2) is 0 Å². The first-order valence-electron chi connectivity index (χ1n) is 5.00. The van der Waals surface area contributed by atoms with Gasteiger partial charge in [-0.1, -0.05) is 24.3 Å². The molecule has 1 aliphatic carbocycles. The Hall–Kier alpha value is -0.820. The molecule has 2 rings (SSSR count). The largest absolute Gasteiger partial charge is 0.393 e. The molecular formula is C12H16O. The van der Waals surface area contributed by atoms with E-state index in [4.69, 9.17) is 0 Å². The minimum atomic E-state index is -0.153. The standard InChI is InChI=1S/C12H16O/c1-9(13)6-10-7-11-4-2-3-5-12(11)8-10/h2-5,9-10,13H,6-8H2,1H3. The molecule has 0 amide bonds. The maximum Gasteiger partial charge on any atom is 0.0515 e. The Kier molecular flexibility index (Phi) is 2.36. The van der Waals surface area contributed by atoms with Crippen LogP contribution < -0.4 is 0 Å². The second-order valence-electron chi connectivity index (χ2n) is 4.13. The summed E-state index contributed by atoms with van der Waals surface area (Å²) in [4.78, 5) is 0. The highest BCUT2D eigenvalue weighted by Crippen LogP contribution is 2.29. The molecule has 1 nitrogen and oxygen atoms in total. The van der Waals surface area contributed by atoms with Gasteiger partial charge in [-0.2, -0.15) is 0 Å².